The average Bonchev–Trinajstić information content (AvgIpc) is 2.83. The summed E-state index contributed by atoms with van der Waals surface area (Å²) in [6.07, 6.45) is 3.70. The molecular weight excluding hydrogens is 202 g/mol. The largest absolute Gasteiger partial charge is 0.335 e. The molecule has 5 heteroatoms. The van der Waals surface area contributed by atoms with Gasteiger partial charge in [0.1, 0.15) is 5.69 Å². The molecule has 0 amide bonds. The second kappa shape index (κ2) is 3.16. The van der Waals surface area contributed by atoms with Crippen LogP contribution in [0.4, 0.5) is 0 Å². The number of nitrogens with zero attached hydrogens (tertiary/aromatic N) is 4. The van der Waals surface area contributed by atoms with Gasteiger partial charge in [-0.05, 0) is 24.6 Å². The van der Waals surface area contributed by atoms with Crippen LogP contribution in [0.5, 0.6) is 0 Å². The molecule has 0 saturated heterocycles. The maximum atomic E-state index is 4.39. The lowest BCUT2D eigenvalue weighted by Crippen LogP contribution is -1.88. The molecule has 0 spiro atoms. The highest BCUT2D eigenvalue weighted by molar-refractivity contribution is 5.75. The van der Waals surface area contributed by atoms with E-state index in [1.54, 1.807) is 4.68 Å². The Kier molecular flexibility index (Phi) is 1.80. The Morgan fingerprint density at radius 3 is 3.00 bits per heavy atom. The molecule has 0 radical (unpaired) electrons. The number of aromatic amines is 1. The molecule has 3 rings (SSSR count). The van der Waals surface area contributed by atoms with Crippen molar-refractivity contribution in [3.8, 4) is 11.5 Å². The van der Waals surface area contributed by atoms with Crippen molar-refractivity contribution < 1.29 is 0 Å². The normalized spacial score (nSPS) is 11.1. The van der Waals surface area contributed by atoms with Crippen molar-refractivity contribution in [1.82, 2.24) is 24.7 Å². The quantitative estimate of drug-likeness (QED) is 0.668. The third-order valence-electron chi connectivity index (χ3n) is 2.43. The zero-order chi connectivity index (χ0) is 11.1. The third kappa shape index (κ3) is 1.37. The van der Waals surface area contributed by atoms with Crippen LogP contribution < -0.4 is 0 Å². The highest BCUT2D eigenvalue weighted by atomic mass is 15.3. The van der Waals surface area contributed by atoms with Crippen molar-refractivity contribution >= 4 is 11.2 Å². The van der Waals surface area contributed by atoms with E-state index in [1.165, 1.54) is 0 Å². The highest BCUT2D eigenvalue weighted by Crippen LogP contribution is 2.17. The fraction of sp³-hybridized carbons (Fsp3) is 0.182. The standard InChI is InChI=1S/C11H11N5/c1-7-5-9-10(12-6-7)14-11(13-9)8-3-4-16(2)15-8/h3-6H,1-2H3,(H,12,13,14). The van der Waals surface area contributed by atoms with Crippen LogP contribution in [0.2, 0.25) is 0 Å². The van der Waals surface area contributed by atoms with E-state index in [9.17, 15) is 0 Å². The number of nitrogens with one attached hydrogen (secondary N) is 1. The van der Waals surface area contributed by atoms with Crippen molar-refractivity contribution in [2.24, 2.45) is 7.05 Å². The van der Waals surface area contributed by atoms with E-state index in [0.717, 1.165) is 28.2 Å². The molecule has 0 aliphatic rings. The Morgan fingerprint density at radius 2 is 2.25 bits per heavy atom. The first kappa shape index (κ1) is 9.08. The minimum Gasteiger partial charge on any atom is -0.335 e. The smallest absolute Gasteiger partial charge is 0.178 e. The van der Waals surface area contributed by atoms with E-state index < -0.39 is 0 Å². The van der Waals surface area contributed by atoms with Crippen molar-refractivity contribution in [3.05, 3.63) is 30.1 Å². The fourth-order valence-corrected chi connectivity index (χ4v) is 1.67. The molecule has 1 N–H and O–H groups in total. The summed E-state index contributed by atoms with van der Waals surface area (Å²) in [6, 6.07) is 3.95. The Labute approximate surface area is 92.2 Å². The maximum absolute atomic E-state index is 4.39. The highest BCUT2D eigenvalue weighted by Gasteiger charge is 2.08. The molecule has 0 aliphatic heterocycles. The summed E-state index contributed by atoms with van der Waals surface area (Å²) in [7, 11) is 1.88. The van der Waals surface area contributed by atoms with Gasteiger partial charge in [-0.3, -0.25) is 4.68 Å². The first-order valence-corrected chi connectivity index (χ1v) is 5.05. The van der Waals surface area contributed by atoms with Crippen LogP contribution in [0.3, 0.4) is 0 Å². The summed E-state index contributed by atoms with van der Waals surface area (Å²) in [5.74, 6) is 0.758. The number of aromatic nitrogens is 5. The second-order valence-electron chi connectivity index (χ2n) is 3.84. The number of hydrogen-bond acceptors (Lipinski definition) is 3. The van der Waals surface area contributed by atoms with Gasteiger partial charge >= 0.3 is 0 Å². The fourth-order valence-electron chi connectivity index (χ4n) is 1.67. The maximum Gasteiger partial charge on any atom is 0.178 e. The number of hydrogen-bond donors (Lipinski definition) is 1. The summed E-state index contributed by atoms with van der Waals surface area (Å²) in [6.45, 7) is 2.01. The van der Waals surface area contributed by atoms with E-state index in [4.69, 9.17) is 0 Å². The summed E-state index contributed by atoms with van der Waals surface area (Å²) in [5, 5.41) is 4.29. The molecule has 0 fully saturated rings. The number of rotatable bonds is 1. The molecule has 0 aliphatic carbocycles. The van der Waals surface area contributed by atoms with Gasteiger partial charge in [-0.15, -0.1) is 0 Å². The Hall–Kier alpha value is -2.17. The van der Waals surface area contributed by atoms with Crippen LogP contribution in [0.25, 0.3) is 22.7 Å². The number of H-pyrrole nitrogens is 1. The monoisotopic (exact) mass is 213 g/mol. The predicted molar refractivity (Wildman–Crippen MR) is 60.8 cm³/mol. The molecule has 3 aromatic rings. The Morgan fingerprint density at radius 1 is 1.38 bits per heavy atom. The first-order chi connectivity index (χ1) is 7.72. The van der Waals surface area contributed by atoms with E-state index in [-0.39, 0.29) is 0 Å². The lowest BCUT2D eigenvalue weighted by Gasteiger charge is -1.88. The van der Waals surface area contributed by atoms with Gasteiger partial charge in [0.2, 0.25) is 0 Å². The lowest BCUT2D eigenvalue weighted by molar-refractivity contribution is 0.769. The zero-order valence-electron chi connectivity index (χ0n) is 9.10. The minimum atomic E-state index is 0.728. The summed E-state index contributed by atoms with van der Waals surface area (Å²) < 4.78 is 1.75. The number of pyridine rings is 1. The second-order valence-corrected chi connectivity index (χ2v) is 3.84. The summed E-state index contributed by atoms with van der Waals surface area (Å²) in [4.78, 5) is 11.9. The van der Waals surface area contributed by atoms with Crippen LogP contribution in [0, 0.1) is 6.92 Å². The van der Waals surface area contributed by atoms with Gasteiger partial charge in [-0.2, -0.15) is 5.10 Å². The summed E-state index contributed by atoms with van der Waals surface area (Å²) >= 11 is 0. The van der Waals surface area contributed by atoms with Gasteiger partial charge in [-0.25, -0.2) is 9.97 Å². The van der Waals surface area contributed by atoms with Crippen LogP contribution in [-0.2, 0) is 7.05 Å². The van der Waals surface area contributed by atoms with E-state index >= 15 is 0 Å². The molecule has 80 valence electrons. The Balaban J connectivity index is 2.18. The molecule has 0 aromatic carbocycles. The minimum absolute atomic E-state index is 0.728. The van der Waals surface area contributed by atoms with Gasteiger partial charge < -0.3 is 4.98 Å². The SMILES string of the molecule is Cc1cnc2nc(-c3ccn(C)n3)[nH]c2c1. The van der Waals surface area contributed by atoms with E-state index in [1.807, 2.05) is 38.5 Å². The van der Waals surface area contributed by atoms with Crippen LogP contribution >= 0.6 is 0 Å². The zero-order valence-corrected chi connectivity index (χ0v) is 9.10. The molecule has 0 atom stereocenters. The molecule has 3 aromatic heterocycles. The molecule has 0 saturated carbocycles. The van der Waals surface area contributed by atoms with E-state index in [0.29, 0.717) is 0 Å². The molecule has 16 heavy (non-hydrogen) atoms. The topological polar surface area (TPSA) is 59.4 Å². The predicted octanol–water partition coefficient (Wildman–Crippen LogP) is 1.67. The molecule has 3 heterocycles. The molecule has 5 nitrogen and oxygen atoms in total. The van der Waals surface area contributed by atoms with Gasteiger partial charge in [0, 0.05) is 19.4 Å². The molecule has 0 bridgehead atoms. The Bertz CT molecular complexity index is 649. The van der Waals surface area contributed by atoms with Crippen LogP contribution in [-0.4, -0.2) is 24.7 Å². The number of fused-ring (bicyclic) bond motifs is 1. The van der Waals surface area contributed by atoms with Gasteiger partial charge in [0.15, 0.2) is 11.5 Å². The van der Waals surface area contributed by atoms with Gasteiger partial charge in [0.05, 0.1) is 5.52 Å². The summed E-state index contributed by atoms with van der Waals surface area (Å²) in [5.41, 5.74) is 3.62. The van der Waals surface area contributed by atoms with Crippen molar-refractivity contribution in [1.29, 1.82) is 0 Å². The third-order valence-corrected chi connectivity index (χ3v) is 2.43. The van der Waals surface area contributed by atoms with Gasteiger partial charge in [0.25, 0.3) is 0 Å². The molecular formula is C11H11N5. The number of aryl methyl sites for hydroxylation is 2. The van der Waals surface area contributed by atoms with Crippen LogP contribution in [0.15, 0.2) is 24.5 Å². The van der Waals surface area contributed by atoms with Crippen LogP contribution in [0.1, 0.15) is 5.56 Å². The number of imidazole rings is 1. The van der Waals surface area contributed by atoms with Gasteiger partial charge in [-0.1, -0.05) is 0 Å². The average molecular weight is 213 g/mol. The molecule has 0 unspecified atom stereocenters. The lowest BCUT2D eigenvalue weighted by atomic mass is 10.3. The van der Waals surface area contributed by atoms with Crippen molar-refractivity contribution in [2.45, 2.75) is 6.92 Å². The van der Waals surface area contributed by atoms with E-state index in [2.05, 4.69) is 20.1 Å². The van der Waals surface area contributed by atoms with Crippen molar-refractivity contribution in [2.75, 3.05) is 0 Å². The first-order valence-electron chi connectivity index (χ1n) is 5.05. The van der Waals surface area contributed by atoms with Crippen molar-refractivity contribution in [3.63, 3.8) is 0 Å².